The van der Waals surface area contributed by atoms with E-state index >= 15 is 0 Å². The lowest BCUT2D eigenvalue weighted by atomic mass is 9.68. The Morgan fingerprint density at radius 2 is 1.80 bits per heavy atom. The third-order valence-electron chi connectivity index (χ3n) is 5.23. The summed E-state index contributed by atoms with van der Waals surface area (Å²) in [5.41, 5.74) is 3.52. The molecule has 1 amide bonds. The standard InChI is InChI=1S/C21H26N2O2/c1-15-7-9-17(10-8-15)21(11-5-4-6-12-21)20(24)23-18-13-16(2)19(25-3)22-14-18/h7-10,13-14H,4-6,11-12H2,1-3H3,(H,23,24). The molecular formula is C21H26N2O2. The number of carbonyl (C=O) groups is 1. The molecule has 0 atom stereocenters. The summed E-state index contributed by atoms with van der Waals surface area (Å²) in [6.07, 6.45) is 6.82. The van der Waals surface area contributed by atoms with E-state index < -0.39 is 5.41 Å². The average molecular weight is 338 g/mol. The first kappa shape index (κ1) is 17.5. The van der Waals surface area contributed by atoms with Gasteiger partial charge < -0.3 is 10.1 Å². The predicted molar refractivity (Wildman–Crippen MR) is 100 cm³/mol. The monoisotopic (exact) mass is 338 g/mol. The van der Waals surface area contributed by atoms with E-state index in [1.165, 1.54) is 12.0 Å². The molecule has 0 unspecified atom stereocenters. The fraction of sp³-hybridized carbons (Fsp3) is 0.429. The fourth-order valence-corrected chi connectivity index (χ4v) is 3.77. The lowest BCUT2D eigenvalue weighted by Gasteiger charge is -2.36. The molecule has 1 N–H and O–H groups in total. The van der Waals surface area contributed by atoms with E-state index in [1.54, 1.807) is 13.3 Å². The van der Waals surface area contributed by atoms with Crippen LogP contribution in [0.1, 0.15) is 48.8 Å². The number of aromatic nitrogens is 1. The molecule has 3 rings (SSSR count). The van der Waals surface area contributed by atoms with Crippen LogP contribution in [0.2, 0.25) is 0 Å². The molecule has 2 aromatic rings. The Hall–Kier alpha value is -2.36. The Morgan fingerprint density at radius 3 is 2.40 bits per heavy atom. The van der Waals surface area contributed by atoms with Crippen molar-refractivity contribution in [2.24, 2.45) is 0 Å². The molecule has 1 heterocycles. The van der Waals surface area contributed by atoms with Crippen molar-refractivity contribution >= 4 is 11.6 Å². The maximum Gasteiger partial charge on any atom is 0.235 e. The van der Waals surface area contributed by atoms with Crippen molar-refractivity contribution in [1.29, 1.82) is 0 Å². The Balaban J connectivity index is 1.89. The number of rotatable bonds is 4. The van der Waals surface area contributed by atoms with Gasteiger partial charge in [-0.2, -0.15) is 0 Å². The summed E-state index contributed by atoms with van der Waals surface area (Å²) in [6, 6.07) is 10.3. The summed E-state index contributed by atoms with van der Waals surface area (Å²) < 4.78 is 5.20. The number of pyridine rings is 1. The minimum absolute atomic E-state index is 0.0717. The molecule has 0 bridgehead atoms. The van der Waals surface area contributed by atoms with Gasteiger partial charge in [-0.05, 0) is 38.3 Å². The smallest absolute Gasteiger partial charge is 0.235 e. The van der Waals surface area contributed by atoms with Crippen LogP contribution < -0.4 is 10.1 Å². The highest BCUT2D eigenvalue weighted by Crippen LogP contribution is 2.40. The van der Waals surface area contributed by atoms with Gasteiger partial charge in [0.05, 0.1) is 24.4 Å². The first-order chi connectivity index (χ1) is 12.0. The first-order valence-electron chi connectivity index (χ1n) is 8.94. The van der Waals surface area contributed by atoms with Gasteiger partial charge >= 0.3 is 0 Å². The van der Waals surface area contributed by atoms with Crippen molar-refractivity contribution in [3.8, 4) is 5.88 Å². The number of anilines is 1. The van der Waals surface area contributed by atoms with Crippen molar-refractivity contribution in [3.05, 3.63) is 53.2 Å². The number of hydrogen-bond donors (Lipinski definition) is 1. The van der Waals surface area contributed by atoms with Crippen LogP contribution >= 0.6 is 0 Å². The number of ether oxygens (including phenoxy) is 1. The van der Waals surface area contributed by atoms with Gasteiger partial charge in [0, 0.05) is 5.56 Å². The van der Waals surface area contributed by atoms with Crippen molar-refractivity contribution in [3.63, 3.8) is 0 Å². The highest BCUT2D eigenvalue weighted by molar-refractivity contribution is 5.99. The first-order valence-corrected chi connectivity index (χ1v) is 8.94. The SMILES string of the molecule is COc1ncc(NC(=O)C2(c3ccc(C)cc3)CCCCC2)cc1C. The second kappa shape index (κ2) is 7.26. The number of nitrogens with one attached hydrogen (secondary N) is 1. The largest absolute Gasteiger partial charge is 0.481 e. The molecule has 4 heteroatoms. The number of aryl methyl sites for hydroxylation is 2. The number of methoxy groups -OCH3 is 1. The van der Waals surface area contributed by atoms with Crippen LogP contribution in [-0.4, -0.2) is 18.0 Å². The van der Waals surface area contributed by atoms with Gasteiger partial charge in [0.25, 0.3) is 0 Å². The van der Waals surface area contributed by atoms with Crippen molar-refractivity contribution in [2.45, 2.75) is 51.4 Å². The maximum atomic E-state index is 13.3. The van der Waals surface area contributed by atoms with E-state index in [0.717, 1.165) is 42.5 Å². The molecule has 0 spiro atoms. The molecule has 132 valence electrons. The zero-order chi connectivity index (χ0) is 17.9. The second-order valence-electron chi connectivity index (χ2n) is 7.01. The number of carbonyl (C=O) groups excluding carboxylic acids is 1. The quantitative estimate of drug-likeness (QED) is 0.890. The van der Waals surface area contributed by atoms with Crippen LogP contribution in [0.4, 0.5) is 5.69 Å². The molecule has 0 radical (unpaired) electrons. The van der Waals surface area contributed by atoms with E-state index in [9.17, 15) is 4.79 Å². The molecule has 1 aliphatic rings. The minimum Gasteiger partial charge on any atom is -0.481 e. The van der Waals surface area contributed by atoms with Crippen LogP contribution in [0.5, 0.6) is 5.88 Å². The third-order valence-corrected chi connectivity index (χ3v) is 5.23. The van der Waals surface area contributed by atoms with Gasteiger partial charge in [-0.3, -0.25) is 4.79 Å². The number of nitrogens with zero attached hydrogens (tertiary/aromatic N) is 1. The van der Waals surface area contributed by atoms with Gasteiger partial charge in [0.2, 0.25) is 11.8 Å². The molecule has 0 saturated heterocycles. The van der Waals surface area contributed by atoms with Crippen LogP contribution in [0.25, 0.3) is 0 Å². The van der Waals surface area contributed by atoms with Gasteiger partial charge in [-0.15, -0.1) is 0 Å². The molecule has 4 nitrogen and oxygen atoms in total. The molecule has 1 aliphatic carbocycles. The molecular weight excluding hydrogens is 312 g/mol. The molecule has 25 heavy (non-hydrogen) atoms. The highest BCUT2D eigenvalue weighted by atomic mass is 16.5. The Morgan fingerprint density at radius 1 is 1.12 bits per heavy atom. The topological polar surface area (TPSA) is 51.2 Å². The highest BCUT2D eigenvalue weighted by Gasteiger charge is 2.41. The average Bonchev–Trinajstić information content (AvgIpc) is 2.63. The third kappa shape index (κ3) is 3.53. The van der Waals surface area contributed by atoms with Gasteiger partial charge in [0.15, 0.2) is 0 Å². The molecule has 1 fully saturated rings. The number of amides is 1. The number of hydrogen-bond acceptors (Lipinski definition) is 3. The predicted octanol–water partition coefficient (Wildman–Crippen LogP) is 4.55. The van der Waals surface area contributed by atoms with Gasteiger partial charge in [-0.25, -0.2) is 4.98 Å². The van der Waals surface area contributed by atoms with Crippen LogP contribution in [0.15, 0.2) is 36.5 Å². The van der Waals surface area contributed by atoms with Crippen LogP contribution in [0.3, 0.4) is 0 Å². The molecule has 1 saturated carbocycles. The Kier molecular flexibility index (Phi) is 5.07. The lowest BCUT2D eigenvalue weighted by molar-refractivity contribution is -0.122. The molecule has 1 aromatic heterocycles. The normalized spacial score (nSPS) is 16.3. The van der Waals surface area contributed by atoms with Crippen molar-refractivity contribution in [1.82, 2.24) is 4.98 Å². The molecule has 0 aliphatic heterocycles. The van der Waals surface area contributed by atoms with E-state index in [-0.39, 0.29) is 5.91 Å². The van der Waals surface area contributed by atoms with E-state index in [0.29, 0.717) is 5.88 Å². The minimum atomic E-state index is -0.445. The zero-order valence-electron chi connectivity index (χ0n) is 15.3. The summed E-state index contributed by atoms with van der Waals surface area (Å²) in [4.78, 5) is 17.5. The maximum absolute atomic E-state index is 13.3. The van der Waals surface area contributed by atoms with Crippen LogP contribution in [0, 0.1) is 13.8 Å². The zero-order valence-corrected chi connectivity index (χ0v) is 15.3. The van der Waals surface area contributed by atoms with Gasteiger partial charge in [-0.1, -0.05) is 49.1 Å². The summed E-state index contributed by atoms with van der Waals surface area (Å²) in [5, 5.41) is 3.10. The second-order valence-corrected chi connectivity index (χ2v) is 7.01. The fourth-order valence-electron chi connectivity index (χ4n) is 3.77. The number of benzene rings is 1. The molecule has 1 aromatic carbocycles. The summed E-state index contributed by atoms with van der Waals surface area (Å²) >= 11 is 0. The lowest BCUT2D eigenvalue weighted by Crippen LogP contribution is -2.42. The van der Waals surface area contributed by atoms with E-state index in [1.807, 2.05) is 13.0 Å². The van der Waals surface area contributed by atoms with Crippen molar-refractivity contribution in [2.75, 3.05) is 12.4 Å². The summed E-state index contributed by atoms with van der Waals surface area (Å²) in [7, 11) is 1.60. The Bertz CT molecular complexity index is 747. The van der Waals surface area contributed by atoms with E-state index in [2.05, 4.69) is 41.5 Å². The van der Waals surface area contributed by atoms with Crippen molar-refractivity contribution < 1.29 is 9.53 Å². The van der Waals surface area contributed by atoms with Gasteiger partial charge in [0.1, 0.15) is 0 Å². The van der Waals surface area contributed by atoms with E-state index in [4.69, 9.17) is 4.74 Å². The van der Waals surface area contributed by atoms with Crippen LogP contribution in [-0.2, 0) is 10.2 Å². The summed E-state index contributed by atoms with van der Waals surface area (Å²) in [6.45, 7) is 4.00. The Labute approximate surface area is 149 Å². The summed E-state index contributed by atoms with van der Waals surface area (Å²) in [5.74, 6) is 0.659.